The van der Waals surface area contributed by atoms with E-state index in [0.29, 0.717) is 6.42 Å². The average Bonchev–Trinajstić information content (AvgIpc) is 2.36. The van der Waals surface area contributed by atoms with Crippen molar-refractivity contribution < 1.29 is 9.90 Å². The van der Waals surface area contributed by atoms with Gasteiger partial charge in [-0.2, -0.15) is 0 Å². The fourth-order valence-electron chi connectivity index (χ4n) is 2.03. The molecule has 0 saturated carbocycles. The molecule has 0 amide bonds. The van der Waals surface area contributed by atoms with E-state index >= 15 is 0 Å². The van der Waals surface area contributed by atoms with E-state index in [1.54, 1.807) is 0 Å². The van der Waals surface area contributed by atoms with Gasteiger partial charge in [0.05, 0.1) is 6.10 Å². The van der Waals surface area contributed by atoms with Gasteiger partial charge in [0.2, 0.25) is 0 Å². The Labute approximate surface area is 107 Å². The zero-order valence-corrected chi connectivity index (χ0v) is 12.5. The highest BCUT2D eigenvalue weighted by Crippen LogP contribution is 2.35. The molecule has 0 fully saturated rings. The molecule has 17 heavy (non-hydrogen) atoms. The highest BCUT2D eigenvalue weighted by atomic mass is 16.3. The number of aliphatic hydroxyl groups excluding tert-OH is 1. The maximum Gasteiger partial charge on any atom is 0.141 e. The molecule has 1 atom stereocenters. The molecule has 0 aliphatic rings. The third-order valence-corrected chi connectivity index (χ3v) is 5.03. The second-order valence-electron chi connectivity index (χ2n) is 5.77. The number of rotatable bonds is 8. The van der Waals surface area contributed by atoms with Gasteiger partial charge in [-0.05, 0) is 31.1 Å². The standard InChI is InChI=1S/C15H30O2/c1-7-14(5,8-2)12(16)11-13(17)15(6,9-3)10-4/h12,16H,7-11H2,1-6H3. The Morgan fingerprint density at radius 1 is 1.00 bits per heavy atom. The maximum absolute atomic E-state index is 12.3. The molecule has 2 nitrogen and oxygen atoms in total. The van der Waals surface area contributed by atoms with E-state index in [-0.39, 0.29) is 16.6 Å². The second-order valence-corrected chi connectivity index (χ2v) is 5.77. The lowest BCUT2D eigenvalue weighted by atomic mass is 9.72. The lowest BCUT2D eigenvalue weighted by Crippen LogP contribution is -2.37. The molecule has 102 valence electrons. The first kappa shape index (κ1) is 16.6. The van der Waals surface area contributed by atoms with Crippen LogP contribution in [-0.2, 0) is 4.79 Å². The van der Waals surface area contributed by atoms with Gasteiger partial charge in [-0.15, -0.1) is 0 Å². The normalized spacial score (nSPS) is 14.8. The molecule has 1 N–H and O–H groups in total. The first-order chi connectivity index (χ1) is 7.79. The summed E-state index contributed by atoms with van der Waals surface area (Å²) in [7, 11) is 0. The van der Waals surface area contributed by atoms with Crippen LogP contribution >= 0.6 is 0 Å². The molecule has 0 heterocycles. The zero-order valence-electron chi connectivity index (χ0n) is 12.5. The van der Waals surface area contributed by atoms with E-state index in [9.17, 15) is 9.90 Å². The largest absolute Gasteiger partial charge is 0.392 e. The number of hydrogen-bond acceptors (Lipinski definition) is 2. The molecule has 0 aliphatic carbocycles. The Morgan fingerprint density at radius 3 is 1.71 bits per heavy atom. The Balaban J connectivity index is 4.69. The average molecular weight is 242 g/mol. The molecule has 0 bridgehead atoms. The molecule has 2 heteroatoms. The van der Waals surface area contributed by atoms with Crippen LogP contribution in [0.5, 0.6) is 0 Å². The van der Waals surface area contributed by atoms with Crippen molar-refractivity contribution in [3.63, 3.8) is 0 Å². The molecule has 0 aromatic carbocycles. The number of Topliss-reactive ketones (excluding diaryl/α,β-unsaturated/α-hetero) is 1. The summed E-state index contributed by atoms with van der Waals surface area (Å²) in [6.45, 7) is 12.3. The van der Waals surface area contributed by atoms with Gasteiger partial charge in [-0.3, -0.25) is 4.79 Å². The summed E-state index contributed by atoms with van der Waals surface area (Å²) in [5, 5.41) is 10.3. The minimum absolute atomic E-state index is 0.127. The summed E-state index contributed by atoms with van der Waals surface area (Å²) in [5.41, 5.74) is -0.387. The van der Waals surface area contributed by atoms with E-state index < -0.39 is 6.10 Å². The van der Waals surface area contributed by atoms with Crippen LogP contribution in [0.2, 0.25) is 0 Å². The summed E-state index contributed by atoms with van der Waals surface area (Å²) < 4.78 is 0. The Bertz CT molecular complexity index is 237. The summed E-state index contributed by atoms with van der Waals surface area (Å²) >= 11 is 0. The van der Waals surface area contributed by atoms with E-state index in [1.165, 1.54) is 0 Å². The first-order valence-corrected chi connectivity index (χ1v) is 7.01. The summed E-state index contributed by atoms with van der Waals surface area (Å²) in [6, 6.07) is 0. The number of hydrogen-bond donors (Lipinski definition) is 1. The predicted octanol–water partition coefficient (Wildman–Crippen LogP) is 3.96. The van der Waals surface area contributed by atoms with Gasteiger partial charge in [0, 0.05) is 11.8 Å². The molecule has 0 aromatic rings. The second kappa shape index (κ2) is 6.53. The molecular weight excluding hydrogens is 212 g/mol. The van der Waals surface area contributed by atoms with Crippen LogP contribution in [0.1, 0.15) is 73.6 Å². The molecule has 0 spiro atoms. The Hall–Kier alpha value is -0.370. The highest BCUT2D eigenvalue weighted by molar-refractivity contribution is 5.84. The van der Waals surface area contributed by atoms with Gasteiger partial charge in [0.25, 0.3) is 0 Å². The fraction of sp³-hybridized carbons (Fsp3) is 0.933. The molecule has 0 saturated heterocycles. The first-order valence-electron chi connectivity index (χ1n) is 7.01. The van der Waals surface area contributed by atoms with Crippen molar-refractivity contribution in [1.29, 1.82) is 0 Å². The molecule has 0 rings (SSSR count). The van der Waals surface area contributed by atoms with Gasteiger partial charge < -0.3 is 5.11 Å². The third-order valence-electron chi connectivity index (χ3n) is 5.03. The van der Waals surface area contributed by atoms with Crippen molar-refractivity contribution >= 4 is 5.78 Å². The molecule has 0 radical (unpaired) electrons. The summed E-state index contributed by atoms with van der Waals surface area (Å²) in [6.07, 6.45) is 3.31. The van der Waals surface area contributed by atoms with Gasteiger partial charge in [-0.25, -0.2) is 0 Å². The van der Waals surface area contributed by atoms with Crippen LogP contribution in [-0.4, -0.2) is 17.0 Å². The lowest BCUT2D eigenvalue weighted by Gasteiger charge is -2.34. The van der Waals surface area contributed by atoms with Crippen LogP contribution in [0.25, 0.3) is 0 Å². The van der Waals surface area contributed by atoms with Gasteiger partial charge in [0.15, 0.2) is 0 Å². The predicted molar refractivity (Wildman–Crippen MR) is 73.0 cm³/mol. The van der Waals surface area contributed by atoms with Gasteiger partial charge >= 0.3 is 0 Å². The van der Waals surface area contributed by atoms with Crippen LogP contribution in [0.4, 0.5) is 0 Å². The van der Waals surface area contributed by atoms with Gasteiger partial charge in [-0.1, -0.05) is 41.5 Å². The molecule has 0 aromatic heterocycles. The van der Waals surface area contributed by atoms with Gasteiger partial charge in [0.1, 0.15) is 5.78 Å². The molecule has 0 aliphatic heterocycles. The quantitative estimate of drug-likeness (QED) is 0.699. The van der Waals surface area contributed by atoms with Crippen molar-refractivity contribution in [3.8, 4) is 0 Å². The smallest absolute Gasteiger partial charge is 0.141 e. The van der Waals surface area contributed by atoms with Crippen molar-refractivity contribution in [2.45, 2.75) is 79.8 Å². The SMILES string of the molecule is CCC(C)(CC)C(=O)CC(O)C(C)(CC)CC. The topological polar surface area (TPSA) is 37.3 Å². The summed E-state index contributed by atoms with van der Waals surface area (Å²) in [4.78, 5) is 12.3. The Morgan fingerprint density at radius 2 is 1.41 bits per heavy atom. The number of ketones is 1. The zero-order chi connectivity index (χ0) is 13.7. The lowest BCUT2D eigenvalue weighted by molar-refractivity contribution is -0.132. The van der Waals surface area contributed by atoms with Crippen LogP contribution < -0.4 is 0 Å². The number of aliphatic hydroxyl groups is 1. The van der Waals surface area contributed by atoms with Crippen LogP contribution in [0.3, 0.4) is 0 Å². The van der Waals surface area contributed by atoms with Crippen molar-refractivity contribution in [2.75, 3.05) is 0 Å². The van der Waals surface area contributed by atoms with Crippen molar-refractivity contribution in [3.05, 3.63) is 0 Å². The minimum atomic E-state index is -0.512. The summed E-state index contributed by atoms with van der Waals surface area (Å²) in [5.74, 6) is 0.211. The Kier molecular flexibility index (Phi) is 6.39. The van der Waals surface area contributed by atoms with E-state index in [2.05, 4.69) is 20.8 Å². The monoisotopic (exact) mass is 242 g/mol. The van der Waals surface area contributed by atoms with E-state index in [4.69, 9.17) is 0 Å². The van der Waals surface area contributed by atoms with Crippen LogP contribution in [0.15, 0.2) is 0 Å². The van der Waals surface area contributed by atoms with Crippen molar-refractivity contribution in [1.82, 2.24) is 0 Å². The minimum Gasteiger partial charge on any atom is -0.392 e. The maximum atomic E-state index is 12.3. The highest BCUT2D eigenvalue weighted by Gasteiger charge is 2.36. The third kappa shape index (κ3) is 3.80. The molecule has 1 unspecified atom stereocenters. The van der Waals surface area contributed by atoms with E-state index in [0.717, 1.165) is 25.7 Å². The van der Waals surface area contributed by atoms with Crippen LogP contribution in [0, 0.1) is 10.8 Å². The number of carbonyl (C=O) groups is 1. The van der Waals surface area contributed by atoms with Crippen molar-refractivity contribution in [2.24, 2.45) is 10.8 Å². The number of carbonyl (C=O) groups excluding carboxylic acids is 1. The van der Waals surface area contributed by atoms with E-state index in [1.807, 2.05) is 20.8 Å². The fourth-order valence-corrected chi connectivity index (χ4v) is 2.03. The molecular formula is C15H30O2.